The van der Waals surface area contributed by atoms with Gasteiger partial charge < -0.3 is 10.1 Å². The Hall–Kier alpha value is -2.67. The van der Waals surface area contributed by atoms with Crippen molar-refractivity contribution >= 4 is 17.2 Å². The average molecular weight is 385 g/mol. The van der Waals surface area contributed by atoms with Gasteiger partial charge in [-0.2, -0.15) is 5.10 Å². The van der Waals surface area contributed by atoms with Gasteiger partial charge in [0.2, 0.25) is 0 Å². The van der Waals surface area contributed by atoms with E-state index in [1.807, 2.05) is 51.2 Å². The third kappa shape index (κ3) is 5.17. The van der Waals surface area contributed by atoms with E-state index in [1.165, 1.54) is 16.9 Å². The molecule has 6 nitrogen and oxygen atoms in total. The van der Waals surface area contributed by atoms with Gasteiger partial charge in [-0.3, -0.25) is 9.89 Å². The average Bonchev–Trinajstić information content (AvgIpc) is 3.28. The molecule has 2 aromatic heterocycles. The van der Waals surface area contributed by atoms with E-state index in [0.29, 0.717) is 12.2 Å². The Balaban J connectivity index is 1.52. The number of rotatable bonds is 8. The molecule has 0 unspecified atom stereocenters. The summed E-state index contributed by atoms with van der Waals surface area (Å²) in [7, 11) is 0. The number of ether oxygens (including phenoxy) is 1. The highest BCUT2D eigenvalue weighted by atomic mass is 32.1. The lowest BCUT2D eigenvalue weighted by Crippen LogP contribution is -2.25. The Morgan fingerprint density at radius 3 is 2.74 bits per heavy atom. The fourth-order valence-corrected chi connectivity index (χ4v) is 3.46. The first-order valence-electron chi connectivity index (χ1n) is 9.02. The van der Waals surface area contributed by atoms with Crippen LogP contribution in [0.4, 0.5) is 0 Å². The van der Waals surface area contributed by atoms with Crippen LogP contribution in [0.25, 0.3) is 10.6 Å². The molecule has 2 heterocycles. The molecule has 1 amide bonds. The third-order valence-electron chi connectivity index (χ3n) is 4.05. The summed E-state index contributed by atoms with van der Waals surface area (Å²) in [6.07, 6.45) is 3.72. The van der Waals surface area contributed by atoms with Crippen molar-refractivity contribution in [1.29, 1.82) is 0 Å². The van der Waals surface area contributed by atoms with E-state index < -0.39 is 0 Å². The lowest BCUT2D eigenvalue weighted by atomic mass is 10.1. The summed E-state index contributed by atoms with van der Waals surface area (Å²) in [6, 6.07) is 7.78. The fourth-order valence-electron chi connectivity index (χ4n) is 2.66. The Morgan fingerprint density at radius 2 is 2.07 bits per heavy atom. The van der Waals surface area contributed by atoms with E-state index in [1.54, 1.807) is 5.38 Å². The molecule has 0 aliphatic rings. The van der Waals surface area contributed by atoms with Crippen LogP contribution in [-0.4, -0.2) is 33.7 Å². The minimum absolute atomic E-state index is 0.138. The van der Waals surface area contributed by atoms with Crippen LogP contribution in [0.5, 0.6) is 5.75 Å². The second-order valence-corrected chi connectivity index (χ2v) is 7.47. The van der Waals surface area contributed by atoms with Crippen LogP contribution in [0.2, 0.25) is 0 Å². The smallest absolute Gasteiger partial charge is 0.270 e. The Labute approximate surface area is 163 Å². The summed E-state index contributed by atoms with van der Waals surface area (Å²) < 4.78 is 5.65. The van der Waals surface area contributed by atoms with Gasteiger partial charge in [0.15, 0.2) is 0 Å². The molecule has 0 atom stereocenters. The summed E-state index contributed by atoms with van der Waals surface area (Å²) in [5, 5.41) is 12.5. The van der Waals surface area contributed by atoms with Crippen molar-refractivity contribution < 1.29 is 9.53 Å². The van der Waals surface area contributed by atoms with E-state index >= 15 is 0 Å². The SMILES string of the molecule is Cc1[nH]ncc1CCCNC(=O)c1csc(-c2ccc(OC(C)C)cc2)n1. The van der Waals surface area contributed by atoms with E-state index in [4.69, 9.17) is 4.74 Å². The molecule has 0 saturated carbocycles. The number of aryl methyl sites for hydroxylation is 2. The molecule has 27 heavy (non-hydrogen) atoms. The molecule has 142 valence electrons. The molecule has 0 aliphatic heterocycles. The number of benzene rings is 1. The van der Waals surface area contributed by atoms with Gasteiger partial charge >= 0.3 is 0 Å². The second-order valence-electron chi connectivity index (χ2n) is 6.61. The molecule has 3 aromatic rings. The first-order chi connectivity index (χ1) is 13.0. The number of carbonyl (C=O) groups excluding carboxylic acids is 1. The standard InChI is InChI=1S/C20H24N4O2S/c1-13(2)26-17-8-6-15(7-9-17)20-23-18(12-27-20)19(25)21-10-4-5-16-11-22-24-14(16)3/h6-9,11-13H,4-5,10H2,1-3H3,(H,21,25)(H,22,24). The number of thiazole rings is 1. The minimum atomic E-state index is -0.138. The monoisotopic (exact) mass is 384 g/mol. The number of carbonyl (C=O) groups is 1. The molecule has 7 heteroatoms. The highest BCUT2D eigenvalue weighted by molar-refractivity contribution is 7.13. The number of hydrogen-bond donors (Lipinski definition) is 2. The van der Waals surface area contributed by atoms with Gasteiger partial charge in [0.1, 0.15) is 16.5 Å². The van der Waals surface area contributed by atoms with E-state index in [-0.39, 0.29) is 12.0 Å². The summed E-state index contributed by atoms with van der Waals surface area (Å²) in [6.45, 7) is 6.60. The van der Waals surface area contributed by atoms with Crippen LogP contribution in [0, 0.1) is 6.92 Å². The van der Waals surface area contributed by atoms with Crippen molar-refractivity contribution in [2.45, 2.75) is 39.7 Å². The number of nitrogens with one attached hydrogen (secondary N) is 2. The highest BCUT2D eigenvalue weighted by Crippen LogP contribution is 2.26. The number of aromatic amines is 1. The molecule has 0 aliphatic carbocycles. The number of H-pyrrole nitrogens is 1. The minimum Gasteiger partial charge on any atom is -0.491 e. The summed E-state index contributed by atoms with van der Waals surface area (Å²) in [5.41, 5.74) is 3.70. The zero-order valence-corrected chi connectivity index (χ0v) is 16.6. The zero-order valence-electron chi connectivity index (χ0n) is 15.8. The van der Waals surface area contributed by atoms with E-state index in [9.17, 15) is 4.79 Å². The van der Waals surface area contributed by atoms with Crippen molar-refractivity contribution in [1.82, 2.24) is 20.5 Å². The van der Waals surface area contributed by atoms with Gasteiger partial charge in [-0.15, -0.1) is 11.3 Å². The predicted octanol–water partition coefficient (Wildman–Crippen LogP) is 3.99. The van der Waals surface area contributed by atoms with Crippen molar-refractivity contribution in [2.75, 3.05) is 6.54 Å². The van der Waals surface area contributed by atoms with Gasteiger partial charge in [-0.05, 0) is 63.4 Å². The van der Waals surface area contributed by atoms with Gasteiger partial charge in [0.25, 0.3) is 5.91 Å². The molecule has 0 bridgehead atoms. The zero-order chi connectivity index (χ0) is 19.2. The lowest BCUT2D eigenvalue weighted by Gasteiger charge is -2.09. The molecular weight excluding hydrogens is 360 g/mol. The third-order valence-corrected chi connectivity index (χ3v) is 4.94. The predicted molar refractivity (Wildman–Crippen MR) is 107 cm³/mol. The van der Waals surface area contributed by atoms with Crippen molar-refractivity contribution in [3.8, 4) is 16.3 Å². The van der Waals surface area contributed by atoms with Gasteiger partial charge in [0.05, 0.1) is 12.3 Å². The molecule has 2 N–H and O–H groups in total. The maximum atomic E-state index is 12.3. The van der Waals surface area contributed by atoms with Crippen molar-refractivity contribution in [3.05, 3.63) is 52.8 Å². The largest absolute Gasteiger partial charge is 0.491 e. The summed E-state index contributed by atoms with van der Waals surface area (Å²) in [4.78, 5) is 16.8. The lowest BCUT2D eigenvalue weighted by molar-refractivity contribution is 0.0949. The van der Waals surface area contributed by atoms with Crippen molar-refractivity contribution in [2.24, 2.45) is 0 Å². The maximum Gasteiger partial charge on any atom is 0.270 e. The molecular formula is C20H24N4O2S. The highest BCUT2D eigenvalue weighted by Gasteiger charge is 2.12. The van der Waals surface area contributed by atoms with Gasteiger partial charge in [-0.1, -0.05) is 0 Å². The van der Waals surface area contributed by atoms with Crippen LogP contribution in [0.1, 0.15) is 42.0 Å². The molecule has 1 aromatic carbocycles. The first kappa shape index (κ1) is 19.1. The Bertz CT molecular complexity index is 884. The number of aromatic nitrogens is 3. The van der Waals surface area contributed by atoms with E-state index in [2.05, 4.69) is 20.5 Å². The van der Waals surface area contributed by atoms with Crippen LogP contribution < -0.4 is 10.1 Å². The van der Waals surface area contributed by atoms with Crippen LogP contribution in [0.3, 0.4) is 0 Å². The van der Waals surface area contributed by atoms with Gasteiger partial charge in [0, 0.05) is 23.2 Å². The number of amides is 1. The topological polar surface area (TPSA) is 79.9 Å². The van der Waals surface area contributed by atoms with Crippen LogP contribution in [0.15, 0.2) is 35.8 Å². The number of nitrogens with zero attached hydrogens (tertiary/aromatic N) is 2. The normalized spacial score (nSPS) is 11.0. The summed E-state index contributed by atoms with van der Waals surface area (Å²) >= 11 is 1.46. The van der Waals surface area contributed by atoms with Crippen molar-refractivity contribution in [3.63, 3.8) is 0 Å². The fraction of sp³-hybridized carbons (Fsp3) is 0.350. The molecule has 0 fully saturated rings. The van der Waals surface area contributed by atoms with E-state index in [0.717, 1.165) is 34.9 Å². The number of hydrogen-bond acceptors (Lipinski definition) is 5. The van der Waals surface area contributed by atoms with Crippen LogP contribution in [-0.2, 0) is 6.42 Å². The second kappa shape index (κ2) is 8.81. The first-order valence-corrected chi connectivity index (χ1v) is 9.90. The molecule has 0 radical (unpaired) electrons. The quantitative estimate of drug-likeness (QED) is 0.576. The Morgan fingerprint density at radius 1 is 1.30 bits per heavy atom. The van der Waals surface area contributed by atoms with Crippen LogP contribution >= 0.6 is 11.3 Å². The summed E-state index contributed by atoms with van der Waals surface area (Å²) in [5.74, 6) is 0.692. The Kier molecular flexibility index (Phi) is 6.24. The molecule has 3 rings (SSSR count). The van der Waals surface area contributed by atoms with Gasteiger partial charge in [-0.25, -0.2) is 4.98 Å². The molecule has 0 saturated heterocycles. The molecule has 0 spiro atoms. The maximum absolute atomic E-state index is 12.3.